The molecule has 150 valence electrons. The number of amides is 2. The number of carbonyl (C=O) groups is 2. The van der Waals surface area contributed by atoms with E-state index in [1.165, 1.54) is 11.3 Å². The number of hydrogen-bond donors (Lipinski definition) is 2. The lowest BCUT2D eigenvalue weighted by Crippen LogP contribution is -2.23. The van der Waals surface area contributed by atoms with E-state index in [1.807, 2.05) is 38.1 Å². The zero-order valence-electron chi connectivity index (χ0n) is 16.6. The van der Waals surface area contributed by atoms with E-state index in [-0.39, 0.29) is 17.7 Å². The maximum Gasteiger partial charge on any atom is 0.251 e. The third-order valence-electron chi connectivity index (χ3n) is 4.23. The molecule has 0 atom stereocenters. The van der Waals surface area contributed by atoms with E-state index >= 15 is 0 Å². The molecule has 0 saturated carbocycles. The number of aromatic nitrogens is 1. The molecule has 0 unspecified atom stereocenters. The summed E-state index contributed by atoms with van der Waals surface area (Å²) in [6.07, 6.45) is 1.76. The van der Waals surface area contributed by atoms with Crippen molar-refractivity contribution in [3.05, 3.63) is 65.2 Å². The fraction of sp³-hybridized carbons (Fsp3) is 0.227. The highest BCUT2D eigenvalue weighted by Gasteiger charge is 2.12. The largest absolute Gasteiger partial charge is 0.496 e. The lowest BCUT2D eigenvalue weighted by Gasteiger charge is -2.09. The van der Waals surface area contributed by atoms with Gasteiger partial charge in [-0.1, -0.05) is 32.0 Å². The van der Waals surface area contributed by atoms with Gasteiger partial charge < -0.3 is 15.4 Å². The predicted molar refractivity (Wildman–Crippen MR) is 115 cm³/mol. The number of rotatable bonds is 7. The van der Waals surface area contributed by atoms with Gasteiger partial charge in [0.2, 0.25) is 5.91 Å². The van der Waals surface area contributed by atoms with E-state index in [9.17, 15) is 9.59 Å². The van der Waals surface area contributed by atoms with Gasteiger partial charge in [0, 0.05) is 28.2 Å². The van der Waals surface area contributed by atoms with Crippen LogP contribution in [0.2, 0.25) is 0 Å². The highest BCUT2D eigenvalue weighted by Crippen LogP contribution is 2.32. The number of carbonyl (C=O) groups excluding carboxylic acids is 2. The second-order valence-corrected chi connectivity index (χ2v) is 7.85. The fourth-order valence-corrected chi connectivity index (χ4v) is 3.51. The highest BCUT2D eigenvalue weighted by molar-refractivity contribution is 7.15. The zero-order valence-corrected chi connectivity index (χ0v) is 17.4. The number of nitrogens with one attached hydrogen (secondary N) is 2. The number of hydrogen-bond acceptors (Lipinski definition) is 5. The van der Waals surface area contributed by atoms with E-state index in [4.69, 9.17) is 4.74 Å². The average Bonchev–Trinajstić information content (AvgIpc) is 3.21. The summed E-state index contributed by atoms with van der Waals surface area (Å²) < 4.78 is 5.39. The first-order valence-electron chi connectivity index (χ1n) is 9.25. The van der Waals surface area contributed by atoms with Crippen molar-refractivity contribution in [2.75, 3.05) is 12.4 Å². The number of para-hydroxylation sites is 1. The molecule has 3 rings (SSSR count). The molecule has 7 heteroatoms. The molecule has 0 bridgehead atoms. The molecule has 0 aliphatic heterocycles. The van der Waals surface area contributed by atoms with Crippen molar-refractivity contribution in [1.82, 2.24) is 10.3 Å². The molecule has 2 N–H and O–H groups in total. The van der Waals surface area contributed by atoms with Gasteiger partial charge in [-0.2, -0.15) is 0 Å². The number of nitrogens with zero attached hydrogens (tertiary/aromatic N) is 1. The summed E-state index contributed by atoms with van der Waals surface area (Å²) in [6.45, 7) is 4.01. The van der Waals surface area contributed by atoms with Crippen LogP contribution < -0.4 is 15.4 Å². The van der Waals surface area contributed by atoms with Crippen LogP contribution >= 0.6 is 11.3 Å². The molecule has 1 heterocycles. The minimum Gasteiger partial charge on any atom is -0.496 e. The lowest BCUT2D eigenvalue weighted by molar-refractivity contribution is -0.118. The number of methoxy groups -OCH3 is 1. The molecule has 0 aliphatic rings. The summed E-state index contributed by atoms with van der Waals surface area (Å²) in [5.41, 5.74) is 2.01. The number of anilines is 1. The van der Waals surface area contributed by atoms with E-state index in [2.05, 4.69) is 15.6 Å². The van der Waals surface area contributed by atoms with E-state index in [1.54, 1.807) is 37.6 Å². The van der Waals surface area contributed by atoms with Gasteiger partial charge in [0.1, 0.15) is 10.8 Å². The van der Waals surface area contributed by atoms with Crippen LogP contribution in [0.5, 0.6) is 5.75 Å². The van der Waals surface area contributed by atoms with Crippen LogP contribution in [0.4, 0.5) is 5.69 Å². The van der Waals surface area contributed by atoms with Gasteiger partial charge in [0.05, 0.1) is 19.2 Å². The summed E-state index contributed by atoms with van der Waals surface area (Å²) in [4.78, 5) is 29.7. The summed E-state index contributed by atoms with van der Waals surface area (Å²) in [5, 5.41) is 6.54. The monoisotopic (exact) mass is 409 g/mol. The van der Waals surface area contributed by atoms with Crippen molar-refractivity contribution >= 4 is 28.8 Å². The molecule has 0 radical (unpaired) electrons. The summed E-state index contributed by atoms with van der Waals surface area (Å²) in [6, 6.07) is 14.6. The van der Waals surface area contributed by atoms with Crippen molar-refractivity contribution in [3.63, 3.8) is 0 Å². The predicted octanol–water partition coefficient (Wildman–Crippen LogP) is 4.34. The van der Waals surface area contributed by atoms with Crippen LogP contribution in [0, 0.1) is 5.92 Å². The third-order valence-corrected chi connectivity index (χ3v) is 5.26. The van der Waals surface area contributed by atoms with Crippen LogP contribution in [0.3, 0.4) is 0 Å². The maximum absolute atomic E-state index is 12.5. The first-order chi connectivity index (χ1) is 14.0. The topological polar surface area (TPSA) is 80.3 Å². The van der Waals surface area contributed by atoms with Gasteiger partial charge >= 0.3 is 0 Å². The maximum atomic E-state index is 12.5. The summed E-state index contributed by atoms with van der Waals surface area (Å²) in [5.74, 6) is 0.336. The van der Waals surface area contributed by atoms with Gasteiger partial charge in [-0.05, 0) is 30.3 Å². The first-order valence-corrected chi connectivity index (χ1v) is 10.1. The van der Waals surface area contributed by atoms with Crippen LogP contribution in [0.25, 0.3) is 10.6 Å². The second-order valence-electron chi connectivity index (χ2n) is 6.74. The molecule has 3 aromatic rings. The Balaban J connectivity index is 1.64. The molecule has 0 fully saturated rings. The Morgan fingerprint density at radius 2 is 1.93 bits per heavy atom. The molecule has 2 amide bonds. The normalized spacial score (nSPS) is 10.6. The molecule has 29 heavy (non-hydrogen) atoms. The number of ether oxygens (including phenoxy) is 1. The molecule has 6 nitrogen and oxygen atoms in total. The molecule has 0 aliphatic carbocycles. The van der Waals surface area contributed by atoms with Crippen molar-refractivity contribution in [2.45, 2.75) is 20.4 Å². The molecule has 1 aromatic heterocycles. The minimum absolute atomic E-state index is 0.0870. The first kappa shape index (κ1) is 20.5. The van der Waals surface area contributed by atoms with Crippen molar-refractivity contribution in [3.8, 4) is 16.3 Å². The Morgan fingerprint density at radius 3 is 2.69 bits per heavy atom. The Bertz CT molecular complexity index is 1010. The molecule has 0 saturated heterocycles. The second kappa shape index (κ2) is 9.34. The Hall–Kier alpha value is -3.19. The summed E-state index contributed by atoms with van der Waals surface area (Å²) in [7, 11) is 1.63. The van der Waals surface area contributed by atoms with E-state index in [0.29, 0.717) is 17.8 Å². The van der Waals surface area contributed by atoms with Crippen molar-refractivity contribution in [1.29, 1.82) is 0 Å². The van der Waals surface area contributed by atoms with Crippen LogP contribution in [0.1, 0.15) is 29.1 Å². The molecule has 2 aromatic carbocycles. The Kier molecular flexibility index (Phi) is 6.61. The number of benzene rings is 2. The van der Waals surface area contributed by atoms with Crippen LogP contribution in [-0.4, -0.2) is 23.9 Å². The highest BCUT2D eigenvalue weighted by atomic mass is 32.1. The van der Waals surface area contributed by atoms with Crippen LogP contribution in [0.15, 0.2) is 54.7 Å². The quantitative estimate of drug-likeness (QED) is 0.608. The Labute approximate surface area is 173 Å². The van der Waals surface area contributed by atoms with Crippen LogP contribution in [-0.2, 0) is 11.3 Å². The standard InChI is InChI=1S/C22H23N3O3S/c1-14(2)20(26)25-16-8-6-7-15(11-16)21(27)23-12-17-13-24-22(29-17)18-9-4-5-10-19(18)28-3/h4-11,13-14H,12H2,1-3H3,(H,23,27)(H,25,26). The average molecular weight is 410 g/mol. The van der Waals surface area contributed by atoms with Gasteiger partial charge in [-0.25, -0.2) is 4.98 Å². The van der Waals surface area contributed by atoms with E-state index in [0.717, 1.165) is 21.2 Å². The SMILES string of the molecule is COc1ccccc1-c1ncc(CNC(=O)c2cccc(NC(=O)C(C)C)c2)s1. The van der Waals surface area contributed by atoms with Gasteiger partial charge in [0.15, 0.2) is 0 Å². The molecule has 0 spiro atoms. The lowest BCUT2D eigenvalue weighted by atomic mass is 10.1. The Morgan fingerprint density at radius 1 is 1.14 bits per heavy atom. The van der Waals surface area contributed by atoms with Gasteiger partial charge in [-0.3, -0.25) is 9.59 Å². The summed E-state index contributed by atoms with van der Waals surface area (Å²) >= 11 is 1.50. The minimum atomic E-state index is -0.210. The zero-order chi connectivity index (χ0) is 20.8. The smallest absolute Gasteiger partial charge is 0.251 e. The molecular weight excluding hydrogens is 386 g/mol. The van der Waals surface area contributed by atoms with Crippen molar-refractivity contribution in [2.24, 2.45) is 5.92 Å². The molecular formula is C22H23N3O3S. The van der Waals surface area contributed by atoms with Gasteiger partial charge in [-0.15, -0.1) is 11.3 Å². The number of thiazole rings is 1. The fourth-order valence-electron chi connectivity index (χ4n) is 2.63. The van der Waals surface area contributed by atoms with Gasteiger partial charge in [0.25, 0.3) is 5.91 Å². The van der Waals surface area contributed by atoms with E-state index < -0.39 is 0 Å². The van der Waals surface area contributed by atoms with Crippen molar-refractivity contribution < 1.29 is 14.3 Å². The third kappa shape index (κ3) is 5.20.